The van der Waals surface area contributed by atoms with E-state index in [0.29, 0.717) is 0 Å². The fraction of sp³-hybridized carbons (Fsp3) is 0.309. The Kier molecular flexibility index (Phi) is 18.0. The molecule has 0 aromatic heterocycles. The Bertz CT molecular complexity index is 3280. The van der Waals surface area contributed by atoms with Gasteiger partial charge in [-0.1, -0.05) is 72.0 Å². The van der Waals surface area contributed by atoms with Crippen molar-refractivity contribution in [1.82, 2.24) is 0 Å². The third kappa shape index (κ3) is 9.50. The van der Waals surface area contributed by atoms with Crippen LogP contribution in [0.25, 0.3) is 23.3 Å². The molecule has 446 valence electrons. The van der Waals surface area contributed by atoms with Gasteiger partial charge in [0, 0.05) is 14.0 Å². The summed E-state index contributed by atoms with van der Waals surface area (Å²) in [5, 5.41) is 0.810. The second-order valence-corrected chi connectivity index (χ2v) is 27.9. The van der Waals surface area contributed by atoms with Gasteiger partial charge in [-0.05, 0) is 53.1 Å². The van der Waals surface area contributed by atoms with Crippen molar-refractivity contribution in [2.75, 3.05) is 12.3 Å². The van der Waals surface area contributed by atoms with Gasteiger partial charge in [-0.3, -0.25) is 0 Å². The first-order chi connectivity index (χ1) is 39.0. The lowest BCUT2D eigenvalue weighted by atomic mass is 9.97. The number of hydrogen-bond acceptors (Lipinski definition) is 0. The molecule has 4 aliphatic carbocycles. The molecule has 0 bridgehead atoms. The first kappa shape index (κ1) is 63.2. The van der Waals surface area contributed by atoms with Gasteiger partial charge in [0.25, 0.3) is 0 Å². The van der Waals surface area contributed by atoms with Crippen LogP contribution in [0.5, 0.6) is 0 Å². The van der Waals surface area contributed by atoms with E-state index in [0.717, 1.165) is 42.5 Å². The Morgan fingerprint density at radius 3 is 0.940 bits per heavy atom. The highest BCUT2D eigenvalue weighted by atomic mass is 31.1. The van der Waals surface area contributed by atoms with Crippen molar-refractivity contribution in [3.05, 3.63) is 191 Å². The third-order valence-corrected chi connectivity index (χ3v) is 26.3. The topological polar surface area (TPSA) is 0 Å². The summed E-state index contributed by atoms with van der Waals surface area (Å²) in [4.78, 5) is 0. The molecule has 28 heteroatoms. The Morgan fingerprint density at radius 2 is 0.663 bits per heavy atom. The molecule has 0 N–H and O–H groups in total. The maximum absolute atomic E-state index is 17.0. The molecule has 5 aromatic rings. The maximum atomic E-state index is 17.0. The highest BCUT2D eigenvalue weighted by Crippen LogP contribution is 2.72. The number of fused-ring (bicyclic) bond motifs is 4. The zero-order chi connectivity index (χ0) is 61.7. The quantitative estimate of drug-likeness (QED) is 0.0322. The lowest BCUT2D eigenvalue weighted by molar-refractivity contribution is 0.396. The van der Waals surface area contributed by atoms with Crippen LogP contribution in [0.1, 0.15) is 129 Å². The summed E-state index contributed by atoms with van der Waals surface area (Å²) in [6.07, 6.45) is 10.8. The van der Waals surface area contributed by atoms with E-state index in [2.05, 4.69) is 20.8 Å². The van der Waals surface area contributed by atoms with Gasteiger partial charge in [0.2, 0.25) is 13.1 Å². The van der Waals surface area contributed by atoms with Gasteiger partial charge in [0.15, 0.2) is 122 Å². The molecule has 0 saturated carbocycles. The van der Waals surface area contributed by atoms with Gasteiger partial charge in [-0.15, -0.1) is 0 Å². The smallest absolute Gasteiger partial charge is 0.207 e. The lowest BCUT2D eigenvalue weighted by Crippen LogP contribution is -2.59. The zero-order valence-corrected chi connectivity index (χ0v) is 44.5. The van der Waals surface area contributed by atoms with E-state index in [1.807, 2.05) is 0 Å². The number of allylic oxidation sites excluding steroid dienone is 4. The van der Waals surface area contributed by atoms with Crippen LogP contribution in [-0.2, 0) is 0 Å². The van der Waals surface area contributed by atoms with Crippen molar-refractivity contribution in [3.8, 4) is 0 Å². The first-order valence-electron chi connectivity index (χ1n) is 25.1. The molecule has 5 aromatic carbocycles. The van der Waals surface area contributed by atoms with Gasteiger partial charge < -0.3 is 0 Å². The number of halogens is 26. The summed E-state index contributed by atoms with van der Waals surface area (Å²) in [5.41, 5.74) is -21.7. The van der Waals surface area contributed by atoms with Gasteiger partial charge >= 0.3 is 0 Å². The predicted octanol–water partition coefficient (Wildman–Crippen LogP) is 19.6. The number of hydrogen-bond donors (Lipinski definition) is 0. The Labute approximate surface area is 456 Å². The third-order valence-electron chi connectivity index (χ3n) is 16.1. The van der Waals surface area contributed by atoms with Crippen LogP contribution in [0.15, 0.2) is 41.5 Å². The molecule has 9 rings (SSSR count). The molecule has 0 saturated heterocycles. The maximum Gasteiger partial charge on any atom is 0.207 e. The molecular weight excluding hydrogens is 1210 g/mol. The van der Waals surface area contributed by atoms with Crippen molar-refractivity contribution in [3.63, 3.8) is 0 Å². The van der Waals surface area contributed by atoms with E-state index >= 15 is 87.8 Å². The molecule has 4 aliphatic rings. The van der Waals surface area contributed by atoms with Crippen LogP contribution in [0.4, 0.5) is 114 Å². The van der Waals surface area contributed by atoms with E-state index in [4.69, 9.17) is 0 Å². The number of unbranched alkanes of at least 4 members (excludes halogenated alkanes) is 2. The largest absolute Gasteiger partial charge is 0.212 e. The average Bonchev–Trinajstić information content (AvgIpc) is 1.55. The Hall–Kier alpha value is -5.80. The van der Waals surface area contributed by atoms with Crippen molar-refractivity contribution >= 4 is 49.6 Å². The molecule has 0 heterocycles. The molecule has 6 atom stereocenters. The number of rotatable bonds is 15. The first-order valence-corrected chi connectivity index (χ1v) is 29.7. The molecule has 0 spiro atoms. The van der Waals surface area contributed by atoms with Crippen molar-refractivity contribution in [2.24, 2.45) is 5.92 Å². The summed E-state index contributed by atoms with van der Waals surface area (Å²) < 4.78 is 387. The molecule has 6 unspecified atom stereocenters. The fourth-order valence-electron chi connectivity index (χ4n) is 12.5. The van der Waals surface area contributed by atoms with E-state index in [-0.39, 0.29) is 5.82 Å². The van der Waals surface area contributed by atoms with Gasteiger partial charge in [0.1, 0.15) is 34.4 Å². The van der Waals surface area contributed by atoms with Crippen LogP contribution in [0.3, 0.4) is 0 Å². The van der Waals surface area contributed by atoms with Crippen LogP contribution in [-0.4, -0.2) is 25.4 Å². The van der Waals surface area contributed by atoms with Crippen molar-refractivity contribution in [1.29, 1.82) is 0 Å². The summed E-state index contributed by atoms with van der Waals surface area (Å²) >= 11 is -8.89. The normalized spacial score (nSPS) is 19.6. The second-order valence-electron chi connectivity index (χ2n) is 20.2. The summed E-state index contributed by atoms with van der Waals surface area (Å²) in [6, 6.07) is 4.17. The number of benzene rings is 5. The minimum Gasteiger partial charge on any atom is -0.212 e. The fourth-order valence-corrected chi connectivity index (χ4v) is 24.0. The molecule has 83 heavy (non-hydrogen) atoms. The molecule has 0 aliphatic heterocycles. The summed E-state index contributed by atoms with van der Waals surface area (Å²) in [5.74, 6) is -77.5. The highest BCUT2D eigenvalue weighted by Gasteiger charge is 2.70. The Morgan fingerprint density at radius 1 is 0.361 bits per heavy atom. The standard InChI is InChI=1S/C19H31F2P.4C9HF6.Al/c1-4-7-9-16(6-3)12-14-22(13-8-5-2)19-11-10-17(20)15-18(19)21;4*10-3-1-2-4(6(3)12)7(13)9(15)8(14)5(2)11;/h10-11,15-16H,4-9,12-14H2,1-3H3;4*1H;/q;;;;;-1/p+1. The zero-order valence-electron chi connectivity index (χ0n) is 42.4. The minimum atomic E-state index is -8.89. The molecule has 0 nitrogen and oxygen atoms in total. The van der Waals surface area contributed by atoms with E-state index < -0.39 is 230 Å². The van der Waals surface area contributed by atoms with Crippen LogP contribution in [0.2, 0.25) is 0 Å². The Balaban J connectivity index is 0.000000345. The van der Waals surface area contributed by atoms with Gasteiger partial charge in [-0.25, -0.2) is 114 Å². The van der Waals surface area contributed by atoms with Gasteiger partial charge in [-0.2, -0.15) is 0 Å². The van der Waals surface area contributed by atoms with Gasteiger partial charge in [0.05, 0.1) is 34.6 Å². The molecule has 0 amide bonds. The average molecular weight is 1250 g/mol. The van der Waals surface area contributed by atoms with E-state index in [9.17, 15) is 26.3 Å². The highest BCUT2D eigenvalue weighted by molar-refractivity contribution is 7.65. The summed E-state index contributed by atoms with van der Waals surface area (Å²) in [6.45, 7) is 6.67. The van der Waals surface area contributed by atoms with E-state index in [1.165, 1.54) is 38.2 Å². The molecule has 0 fully saturated rings. The molecular formula is C55H36AlF26P. The lowest BCUT2D eigenvalue weighted by Gasteiger charge is -2.54. The second kappa shape index (κ2) is 23.6. The van der Waals surface area contributed by atoms with E-state index in [1.54, 1.807) is 6.07 Å². The van der Waals surface area contributed by atoms with Crippen molar-refractivity contribution in [2.45, 2.75) is 84.8 Å². The SMILES string of the molecule is CCCCC(CC)CC[PH+](CCCC)c1ccc(F)cc1F.FC1=C(F)[CH]([Al-]([CH]2C(F)=C(F)c3c(F)c(F)c(F)c(F)c32)([CH]2C(F)=C(F)c3c(F)c(F)c(F)c(F)c32)[CH]2C(F)=C(F)c3c(F)c(F)c(F)c(F)c32)c2c(F)c(F)c(F)c(F)c21. The van der Waals surface area contributed by atoms with Crippen LogP contribution < -0.4 is 5.30 Å². The molecule has 0 radical (unpaired) electrons. The predicted molar refractivity (Wildman–Crippen MR) is 255 cm³/mol. The summed E-state index contributed by atoms with van der Waals surface area (Å²) in [7, 11) is -0.903. The van der Waals surface area contributed by atoms with Crippen LogP contribution in [0, 0.1) is 111 Å². The monoisotopic (exact) mass is 1250 g/mol. The van der Waals surface area contributed by atoms with Crippen molar-refractivity contribution < 1.29 is 114 Å². The van der Waals surface area contributed by atoms with Crippen LogP contribution >= 0.6 is 7.92 Å². The minimum absolute atomic E-state index is 0.327.